The molecule has 0 fully saturated rings. The summed E-state index contributed by atoms with van der Waals surface area (Å²) in [6, 6.07) is 9.01. The fourth-order valence-electron chi connectivity index (χ4n) is 3.58. The van der Waals surface area contributed by atoms with E-state index >= 15 is 0 Å². The van der Waals surface area contributed by atoms with E-state index in [2.05, 4.69) is 25.5 Å². The molecular formula is C24H23Cl2F3N8O3. The average Bonchev–Trinajstić information content (AvgIpc) is 3.40. The monoisotopic (exact) mass is 598 g/mol. The fourth-order valence-corrected chi connectivity index (χ4v) is 3.91. The molecule has 0 saturated carbocycles. The van der Waals surface area contributed by atoms with Gasteiger partial charge >= 0.3 is 11.9 Å². The lowest BCUT2D eigenvalue weighted by molar-refractivity contribution is -0.207. The number of rotatable bonds is 7. The highest BCUT2D eigenvalue weighted by Gasteiger charge is 2.39. The van der Waals surface area contributed by atoms with Crippen molar-refractivity contribution in [1.82, 2.24) is 39.4 Å². The molecular weight excluding hydrogens is 576 g/mol. The van der Waals surface area contributed by atoms with Crippen molar-refractivity contribution in [3.63, 3.8) is 0 Å². The Kier molecular flexibility index (Phi) is 8.06. The van der Waals surface area contributed by atoms with Crippen molar-refractivity contribution in [2.24, 2.45) is 0 Å². The van der Waals surface area contributed by atoms with Gasteiger partial charge in [-0.25, -0.2) is 19.4 Å². The third kappa shape index (κ3) is 6.51. The minimum atomic E-state index is -4.98. The van der Waals surface area contributed by atoms with Crippen LogP contribution in [-0.4, -0.2) is 62.9 Å². The summed E-state index contributed by atoms with van der Waals surface area (Å²) >= 11 is 12.2. The topological polar surface area (TPSA) is 133 Å². The standard InChI is InChI=1S/C24H23Cl2F3N8O3/c1-23(2,3)32-21(39)20-31-17(33-37(20)19-15(26)5-4-10-30-19)12-36-22(40)35(11-16(38)24(27,28)29)18(34-36)13-6-8-14(25)9-7-13/h4-10,16,38H,11-12H2,1-3H3,(H,32,39)/t16-/m0/s1. The van der Waals surface area contributed by atoms with Crippen molar-refractivity contribution in [3.8, 4) is 17.2 Å². The van der Waals surface area contributed by atoms with Crippen molar-refractivity contribution in [2.75, 3.05) is 0 Å². The zero-order chi connectivity index (χ0) is 29.4. The second kappa shape index (κ2) is 11.0. The molecule has 212 valence electrons. The van der Waals surface area contributed by atoms with Crippen LogP contribution in [0.2, 0.25) is 10.0 Å². The molecule has 0 bridgehead atoms. The number of hydrogen-bond donors (Lipinski definition) is 2. The van der Waals surface area contributed by atoms with E-state index in [-0.39, 0.29) is 33.9 Å². The number of carbonyl (C=O) groups excluding carboxylic acids is 1. The number of aliphatic hydroxyl groups excluding tert-OH is 1. The molecule has 11 nitrogen and oxygen atoms in total. The Hall–Kier alpha value is -3.75. The first kappa shape index (κ1) is 29.2. The summed E-state index contributed by atoms with van der Waals surface area (Å²) in [5.41, 5.74) is -1.33. The van der Waals surface area contributed by atoms with Crippen LogP contribution in [0.1, 0.15) is 37.2 Å². The first-order valence-corrected chi connectivity index (χ1v) is 12.5. The molecule has 40 heavy (non-hydrogen) atoms. The van der Waals surface area contributed by atoms with Gasteiger partial charge in [0.2, 0.25) is 5.82 Å². The number of halogens is 5. The van der Waals surface area contributed by atoms with Crippen LogP contribution >= 0.6 is 23.2 Å². The molecule has 16 heteroatoms. The maximum absolute atomic E-state index is 13.2. The van der Waals surface area contributed by atoms with Crippen molar-refractivity contribution in [2.45, 2.75) is 51.7 Å². The van der Waals surface area contributed by atoms with Crippen LogP contribution in [0.15, 0.2) is 47.4 Å². The molecule has 0 aliphatic carbocycles. The summed E-state index contributed by atoms with van der Waals surface area (Å²) in [4.78, 5) is 34.7. The number of pyridine rings is 1. The zero-order valence-corrected chi connectivity index (χ0v) is 22.8. The van der Waals surface area contributed by atoms with Crippen LogP contribution in [0, 0.1) is 0 Å². The zero-order valence-electron chi connectivity index (χ0n) is 21.3. The number of amides is 1. The van der Waals surface area contributed by atoms with Gasteiger partial charge in [0.1, 0.15) is 6.54 Å². The highest BCUT2D eigenvalue weighted by Crippen LogP contribution is 2.24. The first-order chi connectivity index (χ1) is 18.6. The predicted octanol–water partition coefficient (Wildman–Crippen LogP) is 3.49. The Labute approximate surface area is 235 Å². The van der Waals surface area contributed by atoms with Crippen LogP contribution in [0.25, 0.3) is 17.2 Å². The fraction of sp³-hybridized carbons (Fsp3) is 0.333. The van der Waals surface area contributed by atoms with Gasteiger partial charge in [0, 0.05) is 22.3 Å². The molecule has 0 radical (unpaired) electrons. The molecule has 3 aromatic heterocycles. The molecule has 0 aliphatic rings. The van der Waals surface area contributed by atoms with Crippen molar-refractivity contribution in [1.29, 1.82) is 0 Å². The minimum Gasteiger partial charge on any atom is -0.382 e. The largest absolute Gasteiger partial charge is 0.416 e. The van der Waals surface area contributed by atoms with Crippen LogP contribution in [0.5, 0.6) is 0 Å². The van der Waals surface area contributed by atoms with E-state index < -0.39 is 42.5 Å². The second-order valence-corrected chi connectivity index (χ2v) is 10.6. The summed E-state index contributed by atoms with van der Waals surface area (Å²) in [5.74, 6) is -0.936. The molecule has 0 aliphatic heterocycles. The SMILES string of the molecule is CC(C)(C)NC(=O)c1nc(Cn2nc(-c3ccc(Cl)cc3)n(C[C@H](O)C(F)(F)F)c2=O)nn1-c1ncccc1Cl. The molecule has 1 amide bonds. The number of hydrogen-bond acceptors (Lipinski definition) is 7. The molecule has 0 unspecified atom stereocenters. The Morgan fingerprint density at radius 2 is 1.77 bits per heavy atom. The van der Waals surface area contributed by atoms with E-state index in [0.717, 1.165) is 9.36 Å². The predicted molar refractivity (Wildman–Crippen MR) is 139 cm³/mol. The van der Waals surface area contributed by atoms with Gasteiger partial charge in [0.25, 0.3) is 5.91 Å². The lowest BCUT2D eigenvalue weighted by atomic mass is 10.1. The lowest BCUT2D eigenvalue weighted by Crippen LogP contribution is -2.41. The smallest absolute Gasteiger partial charge is 0.382 e. The molecule has 4 aromatic rings. The van der Waals surface area contributed by atoms with Crippen LogP contribution in [0.3, 0.4) is 0 Å². The minimum absolute atomic E-state index is 0.0773. The number of nitrogens with zero attached hydrogens (tertiary/aromatic N) is 7. The van der Waals surface area contributed by atoms with Gasteiger partial charge in [-0.1, -0.05) is 23.2 Å². The first-order valence-electron chi connectivity index (χ1n) is 11.7. The van der Waals surface area contributed by atoms with Crippen molar-refractivity contribution in [3.05, 3.63) is 74.8 Å². The highest BCUT2D eigenvalue weighted by molar-refractivity contribution is 6.32. The van der Waals surface area contributed by atoms with Crippen molar-refractivity contribution >= 4 is 29.1 Å². The molecule has 0 spiro atoms. The Morgan fingerprint density at radius 1 is 1.10 bits per heavy atom. The van der Waals surface area contributed by atoms with E-state index in [9.17, 15) is 27.9 Å². The maximum Gasteiger partial charge on any atom is 0.416 e. The highest BCUT2D eigenvalue weighted by atomic mass is 35.5. The van der Waals surface area contributed by atoms with Gasteiger partial charge in [-0.05, 0) is 57.2 Å². The Balaban J connectivity index is 1.80. The molecule has 2 N–H and O–H groups in total. The van der Waals surface area contributed by atoms with Crippen LogP contribution in [0.4, 0.5) is 13.2 Å². The Morgan fingerprint density at radius 3 is 2.38 bits per heavy atom. The van der Waals surface area contributed by atoms with Gasteiger partial charge in [-0.3, -0.25) is 9.36 Å². The summed E-state index contributed by atoms with van der Waals surface area (Å²) in [6.07, 6.45) is -6.37. The molecule has 0 saturated heterocycles. The quantitative estimate of drug-likeness (QED) is 0.332. The van der Waals surface area contributed by atoms with Gasteiger partial charge in [0.05, 0.1) is 11.6 Å². The summed E-state index contributed by atoms with van der Waals surface area (Å²) in [5, 5.41) is 21.5. The van der Waals surface area contributed by atoms with Gasteiger partial charge in [0.15, 0.2) is 23.6 Å². The normalized spacial score (nSPS) is 12.9. The number of nitrogens with one attached hydrogen (secondary N) is 1. The Bertz CT molecular complexity index is 1590. The lowest BCUT2D eigenvalue weighted by Gasteiger charge is -2.20. The van der Waals surface area contributed by atoms with E-state index in [4.69, 9.17) is 23.2 Å². The van der Waals surface area contributed by atoms with Crippen molar-refractivity contribution < 1.29 is 23.1 Å². The third-order valence-corrected chi connectivity index (χ3v) is 5.88. The number of benzene rings is 1. The van der Waals surface area contributed by atoms with Gasteiger partial charge in [-0.15, -0.1) is 10.2 Å². The van der Waals surface area contributed by atoms with E-state index in [1.165, 1.54) is 36.5 Å². The van der Waals surface area contributed by atoms with E-state index in [0.29, 0.717) is 9.59 Å². The molecule has 1 aromatic carbocycles. The van der Waals surface area contributed by atoms with Gasteiger partial charge < -0.3 is 10.4 Å². The van der Waals surface area contributed by atoms with E-state index in [1.54, 1.807) is 26.8 Å². The summed E-state index contributed by atoms with van der Waals surface area (Å²) < 4.78 is 42.1. The van der Waals surface area contributed by atoms with Gasteiger partial charge in [-0.2, -0.15) is 17.9 Å². The number of aromatic nitrogens is 7. The average molecular weight is 599 g/mol. The number of carbonyl (C=O) groups is 1. The van der Waals surface area contributed by atoms with Crippen LogP contribution < -0.4 is 11.0 Å². The molecule has 4 rings (SSSR count). The molecule has 1 atom stereocenters. The number of aliphatic hydroxyl groups is 1. The van der Waals surface area contributed by atoms with Crippen LogP contribution in [-0.2, 0) is 13.1 Å². The number of alkyl halides is 3. The summed E-state index contributed by atoms with van der Waals surface area (Å²) in [7, 11) is 0. The molecule has 3 heterocycles. The van der Waals surface area contributed by atoms with E-state index in [1.807, 2.05) is 0 Å². The second-order valence-electron chi connectivity index (χ2n) is 9.72. The summed E-state index contributed by atoms with van der Waals surface area (Å²) in [6.45, 7) is 3.76. The maximum atomic E-state index is 13.2. The third-order valence-electron chi connectivity index (χ3n) is 5.33.